The van der Waals surface area contributed by atoms with Crippen molar-refractivity contribution in [1.29, 1.82) is 0 Å². The van der Waals surface area contributed by atoms with Crippen LogP contribution in [0.3, 0.4) is 0 Å². The number of rotatable bonds is 3. The van der Waals surface area contributed by atoms with Crippen LogP contribution in [-0.2, 0) is 12.7 Å². The Bertz CT molecular complexity index is 603. The van der Waals surface area contributed by atoms with Crippen LogP contribution in [0, 0.1) is 13.8 Å². The van der Waals surface area contributed by atoms with Gasteiger partial charge in [0.05, 0.1) is 17.8 Å². The van der Waals surface area contributed by atoms with E-state index < -0.39 is 11.7 Å². The largest absolute Gasteiger partial charge is 0.444 e. The van der Waals surface area contributed by atoms with Gasteiger partial charge < -0.3 is 9.73 Å². The summed E-state index contributed by atoms with van der Waals surface area (Å²) in [5, 5.41) is 2.88. The van der Waals surface area contributed by atoms with Gasteiger partial charge in [-0.15, -0.1) is 0 Å². The number of hydrogen-bond donors (Lipinski definition) is 1. The molecule has 0 aliphatic carbocycles. The first-order valence-corrected chi connectivity index (χ1v) is 6.60. The average Bonchev–Trinajstić information content (AvgIpc) is 2.66. The predicted molar refractivity (Wildman–Crippen MR) is 72.4 cm³/mol. The van der Waals surface area contributed by atoms with E-state index in [0.717, 1.165) is 17.8 Å². The van der Waals surface area contributed by atoms with Gasteiger partial charge in [0, 0.05) is 10.2 Å². The molecule has 108 valence electrons. The van der Waals surface area contributed by atoms with Crippen molar-refractivity contribution >= 4 is 21.6 Å². The lowest BCUT2D eigenvalue weighted by Crippen LogP contribution is -2.07. The van der Waals surface area contributed by atoms with Gasteiger partial charge in [-0.1, -0.05) is 0 Å². The summed E-state index contributed by atoms with van der Waals surface area (Å²) in [6.07, 6.45) is -4.37. The lowest BCUT2D eigenvalue weighted by Gasteiger charge is -2.11. The summed E-state index contributed by atoms with van der Waals surface area (Å²) in [6.45, 7) is 3.81. The van der Waals surface area contributed by atoms with Crippen molar-refractivity contribution in [2.45, 2.75) is 26.6 Å². The first-order valence-electron chi connectivity index (χ1n) is 5.81. The molecule has 2 aromatic rings. The summed E-state index contributed by atoms with van der Waals surface area (Å²) >= 11 is 3.21. The quantitative estimate of drug-likeness (QED) is 0.874. The molecule has 0 aliphatic heterocycles. The van der Waals surface area contributed by atoms with Crippen LogP contribution in [0.2, 0.25) is 0 Å². The van der Waals surface area contributed by atoms with Gasteiger partial charge in [0.1, 0.15) is 5.76 Å². The Kier molecular flexibility index (Phi) is 4.08. The second-order valence-corrected chi connectivity index (χ2v) is 5.15. The summed E-state index contributed by atoms with van der Waals surface area (Å²) in [5.74, 6) is 1.13. The molecule has 2 rings (SSSR count). The Labute approximate surface area is 122 Å². The smallest absolute Gasteiger partial charge is 0.416 e. The molecular weight excluding hydrogens is 337 g/mol. The van der Waals surface area contributed by atoms with Crippen molar-refractivity contribution in [3.8, 4) is 0 Å². The lowest BCUT2D eigenvalue weighted by molar-refractivity contribution is -0.137. The van der Waals surface area contributed by atoms with Crippen molar-refractivity contribution in [3.05, 3.63) is 45.6 Å². The summed E-state index contributed by atoms with van der Waals surface area (Å²) in [6, 6.07) is 3.43. The van der Waals surface area contributed by atoms with Crippen LogP contribution < -0.4 is 5.32 Å². The van der Waals surface area contributed by atoms with Crippen molar-refractivity contribution < 1.29 is 17.6 Å². The molecule has 0 radical (unpaired) electrons. The second kappa shape index (κ2) is 5.47. The first kappa shape index (κ1) is 14.9. The third-order valence-corrected chi connectivity index (χ3v) is 3.49. The average molecular weight is 349 g/mol. The van der Waals surface area contributed by atoms with Crippen LogP contribution in [0.25, 0.3) is 0 Å². The maximum Gasteiger partial charge on any atom is 0.416 e. The minimum atomic E-state index is -4.37. The number of aryl methyl sites for hydroxylation is 2. The second-order valence-electron chi connectivity index (χ2n) is 4.30. The molecule has 0 bridgehead atoms. The Morgan fingerprint density at radius 1 is 1.30 bits per heavy atom. The van der Waals surface area contributed by atoms with E-state index in [0.29, 0.717) is 21.8 Å². The van der Waals surface area contributed by atoms with Gasteiger partial charge in [-0.2, -0.15) is 13.2 Å². The highest BCUT2D eigenvalue weighted by Gasteiger charge is 2.30. The summed E-state index contributed by atoms with van der Waals surface area (Å²) < 4.78 is 43.8. The number of alkyl halides is 3. The summed E-state index contributed by atoms with van der Waals surface area (Å²) in [7, 11) is 0. The SMILES string of the molecule is Cc1nc(CNc2cc(C(F)(F)F)ccc2Br)oc1C. The topological polar surface area (TPSA) is 38.1 Å². The van der Waals surface area contributed by atoms with Gasteiger partial charge in [0.25, 0.3) is 0 Å². The zero-order valence-corrected chi connectivity index (χ0v) is 12.4. The van der Waals surface area contributed by atoms with E-state index in [-0.39, 0.29) is 6.54 Å². The van der Waals surface area contributed by atoms with E-state index in [9.17, 15) is 13.2 Å². The minimum Gasteiger partial charge on any atom is -0.444 e. The molecule has 1 aromatic carbocycles. The summed E-state index contributed by atoms with van der Waals surface area (Å²) in [5.41, 5.74) is 0.404. The van der Waals surface area contributed by atoms with E-state index >= 15 is 0 Å². The highest BCUT2D eigenvalue weighted by Crippen LogP contribution is 2.34. The van der Waals surface area contributed by atoms with E-state index in [4.69, 9.17) is 4.42 Å². The third-order valence-electron chi connectivity index (χ3n) is 2.80. The van der Waals surface area contributed by atoms with Crippen molar-refractivity contribution in [3.63, 3.8) is 0 Å². The number of oxazole rings is 1. The number of anilines is 1. The number of nitrogens with one attached hydrogen (secondary N) is 1. The molecule has 1 heterocycles. The third kappa shape index (κ3) is 3.33. The highest BCUT2D eigenvalue weighted by atomic mass is 79.9. The van der Waals surface area contributed by atoms with E-state index in [1.54, 1.807) is 6.92 Å². The molecule has 0 saturated heterocycles. The van der Waals surface area contributed by atoms with E-state index in [1.165, 1.54) is 6.07 Å². The van der Waals surface area contributed by atoms with Gasteiger partial charge in [-0.3, -0.25) is 0 Å². The van der Waals surface area contributed by atoms with Crippen molar-refractivity contribution in [2.75, 3.05) is 5.32 Å². The van der Waals surface area contributed by atoms with Crippen LogP contribution in [0.4, 0.5) is 18.9 Å². The lowest BCUT2D eigenvalue weighted by atomic mass is 10.2. The van der Waals surface area contributed by atoms with Gasteiger partial charge >= 0.3 is 6.18 Å². The number of hydrogen-bond acceptors (Lipinski definition) is 3. The van der Waals surface area contributed by atoms with Gasteiger partial charge in [-0.05, 0) is 48.0 Å². The Balaban J connectivity index is 2.16. The van der Waals surface area contributed by atoms with Crippen LogP contribution in [0.15, 0.2) is 27.1 Å². The fraction of sp³-hybridized carbons (Fsp3) is 0.308. The number of benzene rings is 1. The standard InChI is InChI=1S/C13H12BrF3N2O/c1-7-8(2)20-12(19-7)6-18-11-5-9(13(15,16)17)3-4-10(11)14/h3-5,18H,6H2,1-2H3. The van der Waals surface area contributed by atoms with Gasteiger partial charge in [-0.25, -0.2) is 4.98 Å². The Hall–Kier alpha value is -1.50. The van der Waals surface area contributed by atoms with Crippen LogP contribution in [-0.4, -0.2) is 4.98 Å². The summed E-state index contributed by atoms with van der Waals surface area (Å²) in [4.78, 5) is 4.16. The first-order chi connectivity index (χ1) is 9.27. The number of nitrogens with zero attached hydrogens (tertiary/aromatic N) is 1. The van der Waals surface area contributed by atoms with Crippen LogP contribution in [0.5, 0.6) is 0 Å². The predicted octanol–water partition coefficient (Wildman–Crippen LogP) is 4.68. The fourth-order valence-electron chi connectivity index (χ4n) is 1.62. The Morgan fingerprint density at radius 2 is 2.00 bits per heavy atom. The molecule has 0 atom stereocenters. The monoisotopic (exact) mass is 348 g/mol. The zero-order chi connectivity index (χ0) is 14.9. The minimum absolute atomic E-state index is 0.217. The molecule has 0 saturated carbocycles. The van der Waals surface area contributed by atoms with Crippen LogP contribution >= 0.6 is 15.9 Å². The van der Waals surface area contributed by atoms with Gasteiger partial charge in [0.2, 0.25) is 5.89 Å². The van der Waals surface area contributed by atoms with Crippen LogP contribution in [0.1, 0.15) is 22.9 Å². The van der Waals surface area contributed by atoms with E-state index in [2.05, 4.69) is 26.2 Å². The number of halogens is 4. The highest BCUT2D eigenvalue weighted by molar-refractivity contribution is 9.10. The maximum absolute atomic E-state index is 12.6. The molecule has 20 heavy (non-hydrogen) atoms. The van der Waals surface area contributed by atoms with Gasteiger partial charge in [0.15, 0.2) is 0 Å². The fourth-order valence-corrected chi connectivity index (χ4v) is 2.01. The molecule has 7 heteroatoms. The molecule has 0 amide bonds. The molecule has 1 aromatic heterocycles. The Morgan fingerprint density at radius 3 is 2.55 bits per heavy atom. The molecule has 1 N–H and O–H groups in total. The maximum atomic E-state index is 12.6. The number of aromatic nitrogens is 1. The molecule has 0 spiro atoms. The molecule has 3 nitrogen and oxygen atoms in total. The zero-order valence-electron chi connectivity index (χ0n) is 10.8. The van der Waals surface area contributed by atoms with E-state index in [1.807, 2.05) is 6.92 Å². The molecule has 0 fully saturated rings. The van der Waals surface area contributed by atoms with Crippen molar-refractivity contribution in [1.82, 2.24) is 4.98 Å². The molecule has 0 unspecified atom stereocenters. The normalized spacial score (nSPS) is 11.7. The molecular formula is C13H12BrF3N2O. The van der Waals surface area contributed by atoms with Crippen molar-refractivity contribution in [2.24, 2.45) is 0 Å². The molecule has 0 aliphatic rings.